The van der Waals surface area contributed by atoms with Gasteiger partial charge >= 0.3 is 0 Å². The number of nitrogens with one attached hydrogen (secondary N) is 1. The monoisotopic (exact) mass is 311 g/mol. The summed E-state index contributed by atoms with van der Waals surface area (Å²) in [5, 5.41) is 7.32. The first kappa shape index (κ1) is 15.8. The van der Waals surface area contributed by atoms with Crippen molar-refractivity contribution in [2.75, 3.05) is 6.54 Å². The molecule has 1 aromatic heterocycles. The summed E-state index contributed by atoms with van der Waals surface area (Å²) in [5.41, 5.74) is 2.32. The standard InChI is InChI=1S/C19H25N3O/c1-22-15-17(14-21-22)9-5-12-20-18(23)19(10-6-11-19)13-16-7-3-2-4-8-16/h2-4,7-8,14-15H,5-6,9-13H2,1H3,(H,20,23). The third kappa shape index (κ3) is 3.81. The summed E-state index contributed by atoms with van der Waals surface area (Å²) in [6, 6.07) is 10.4. The van der Waals surface area contributed by atoms with Gasteiger partial charge in [0.15, 0.2) is 0 Å². The highest BCUT2D eigenvalue weighted by Crippen LogP contribution is 2.43. The minimum Gasteiger partial charge on any atom is -0.356 e. The second-order valence-electron chi connectivity index (χ2n) is 6.68. The molecule has 1 amide bonds. The Kier molecular flexibility index (Phi) is 4.79. The highest BCUT2D eigenvalue weighted by atomic mass is 16.2. The predicted octanol–water partition coefficient (Wildman–Crippen LogP) is 2.88. The lowest BCUT2D eigenvalue weighted by Gasteiger charge is -2.40. The molecule has 4 nitrogen and oxygen atoms in total. The van der Waals surface area contributed by atoms with Gasteiger partial charge in [0, 0.05) is 19.8 Å². The summed E-state index contributed by atoms with van der Waals surface area (Å²) < 4.78 is 1.82. The van der Waals surface area contributed by atoms with E-state index in [1.807, 2.05) is 42.3 Å². The quantitative estimate of drug-likeness (QED) is 0.799. The Morgan fingerprint density at radius 2 is 2.04 bits per heavy atom. The van der Waals surface area contributed by atoms with E-state index in [1.54, 1.807) is 0 Å². The van der Waals surface area contributed by atoms with Crippen molar-refractivity contribution in [3.63, 3.8) is 0 Å². The van der Waals surface area contributed by atoms with E-state index in [-0.39, 0.29) is 11.3 Å². The Bertz CT molecular complexity index is 644. The molecule has 0 bridgehead atoms. The number of hydrogen-bond acceptors (Lipinski definition) is 2. The average Bonchev–Trinajstić information content (AvgIpc) is 2.94. The van der Waals surface area contributed by atoms with Gasteiger partial charge in [-0.3, -0.25) is 9.48 Å². The molecule has 1 aliphatic carbocycles. The normalized spacial score (nSPS) is 15.9. The van der Waals surface area contributed by atoms with Crippen LogP contribution in [0, 0.1) is 5.41 Å². The van der Waals surface area contributed by atoms with E-state index < -0.39 is 0 Å². The number of hydrogen-bond donors (Lipinski definition) is 1. The molecule has 0 spiro atoms. The highest BCUT2D eigenvalue weighted by Gasteiger charge is 2.43. The van der Waals surface area contributed by atoms with Gasteiger partial charge < -0.3 is 5.32 Å². The van der Waals surface area contributed by atoms with Crippen LogP contribution in [0.5, 0.6) is 0 Å². The number of amides is 1. The van der Waals surface area contributed by atoms with Crippen LogP contribution in [0.2, 0.25) is 0 Å². The molecule has 3 rings (SSSR count). The molecule has 0 atom stereocenters. The number of nitrogens with zero attached hydrogens (tertiary/aromatic N) is 2. The molecule has 1 saturated carbocycles. The van der Waals surface area contributed by atoms with Crippen LogP contribution in [0.4, 0.5) is 0 Å². The number of carbonyl (C=O) groups is 1. The van der Waals surface area contributed by atoms with E-state index in [9.17, 15) is 4.79 Å². The fraction of sp³-hybridized carbons (Fsp3) is 0.474. The topological polar surface area (TPSA) is 46.9 Å². The van der Waals surface area contributed by atoms with Crippen LogP contribution < -0.4 is 5.32 Å². The summed E-state index contributed by atoms with van der Waals surface area (Å²) in [6.07, 6.45) is 9.89. The van der Waals surface area contributed by atoms with Crippen molar-refractivity contribution in [3.05, 3.63) is 53.9 Å². The Morgan fingerprint density at radius 3 is 2.65 bits per heavy atom. The molecule has 1 fully saturated rings. The van der Waals surface area contributed by atoms with E-state index in [0.717, 1.165) is 45.1 Å². The van der Waals surface area contributed by atoms with E-state index in [4.69, 9.17) is 0 Å². The van der Waals surface area contributed by atoms with Crippen molar-refractivity contribution >= 4 is 5.91 Å². The van der Waals surface area contributed by atoms with E-state index in [1.165, 1.54) is 11.1 Å². The van der Waals surface area contributed by atoms with E-state index in [2.05, 4.69) is 22.5 Å². The Hall–Kier alpha value is -2.10. The molecule has 1 aliphatic rings. The van der Waals surface area contributed by atoms with Crippen LogP contribution in [0.1, 0.15) is 36.8 Å². The van der Waals surface area contributed by atoms with Gasteiger partial charge in [-0.2, -0.15) is 5.10 Å². The average molecular weight is 311 g/mol. The summed E-state index contributed by atoms with van der Waals surface area (Å²) in [6.45, 7) is 0.740. The van der Waals surface area contributed by atoms with E-state index >= 15 is 0 Å². The molecule has 2 aromatic rings. The Labute approximate surface area is 137 Å². The smallest absolute Gasteiger partial charge is 0.226 e. The fourth-order valence-electron chi connectivity index (χ4n) is 3.36. The number of benzene rings is 1. The van der Waals surface area contributed by atoms with Crippen molar-refractivity contribution < 1.29 is 4.79 Å². The van der Waals surface area contributed by atoms with Crippen molar-refractivity contribution in [2.24, 2.45) is 12.5 Å². The molecular weight excluding hydrogens is 286 g/mol. The number of rotatable bonds is 7. The minimum atomic E-state index is -0.171. The molecule has 0 saturated heterocycles. The SMILES string of the molecule is Cn1cc(CCCNC(=O)C2(Cc3ccccc3)CCC2)cn1. The highest BCUT2D eigenvalue weighted by molar-refractivity contribution is 5.83. The summed E-state index contributed by atoms with van der Waals surface area (Å²) in [4.78, 5) is 12.6. The van der Waals surface area contributed by atoms with Crippen molar-refractivity contribution in [3.8, 4) is 0 Å². The van der Waals surface area contributed by atoms with Crippen molar-refractivity contribution in [2.45, 2.75) is 38.5 Å². The van der Waals surface area contributed by atoms with Gasteiger partial charge in [0.2, 0.25) is 5.91 Å². The molecule has 122 valence electrons. The molecular formula is C19H25N3O. The minimum absolute atomic E-state index is 0.171. The number of carbonyl (C=O) groups excluding carboxylic acids is 1. The summed E-state index contributed by atoms with van der Waals surface area (Å²) in [7, 11) is 1.93. The fourth-order valence-corrected chi connectivity index (χ4v) is 3.36. The van der Waals surface area contributed by atoms with E-state index in [0.29, 0.717) is 0 Å². The first-order valence-electron chi connectivity index (χ1n) is 8.48. The van der Waals surface area contributed by atoms with Gasteiger partial charge in [-0.05, 0) is 43.2 Å². The molecule has 0 aliphatic heterocycles. The Balaban J connectivity index is 1.48. The second-order valence-corrected chi connectivity index (χ2v) is 6.68. The molecule has 0 unspecified atom stereocenters. The number of aromatic nitrogens is 2. The van der Waals surface area contributed by atoms with Gasteiger partial charge in [-0.15, -0.1) is 0 Å². The van der Waals surface area contributed by atoms with Crippen LogP contribution in [0.15, 0.2) is 42.7 Å². The predicted molar refractivity (Wildman–Crippen MR) is 91.0 cm³/mol. The van der Waals surface area contributed by atoms with Crippen molar-refractivity contribution in [1.82, 2.24) is 15.1 Å². The van der Waals surface area contributed by atoms with Crippen LogP contribution in [0.3, 0.4) is 0 Å². The second kappa shape index (κ2) is 6.99. The zero-order chi connectivity index (χ0) is 16.1. The maximum atomic E-state index is 12.6. The molecule has 4 heteroatoms. The number of aryl methyl sites for hydroxylation is 2. The maximum absolute atomic E-state index is 12.6. The van der Waals surface area contributed by atoms with Crippen LogP contribution in [0.25, 0.3) is 0 Å². The lowest BCUT2D eigenvalue weighted by Crippen LogP contribution is -2.47. The van der Waals surface area contributed by atoms with Crippen LogP contribution >= 0.6 is 0 Å². The summed E-state index contributed by atoms with van der Waals surface area (Å²) in [5.74, 6) is 0.235. The lowest BCUT2D eigenvalue weighted by molar-refractivity contribution is -0.135. The van der Waals surface area contributed by atoms with Gasteiger partial charge in [0.1, 0.15) is 0 Å². The lowest BCUT2D eigenvalue weighted by atomic mass is 9.64. The molecule has 0 radical (unpaired) electrons. The van der Waals surface area contributed by atoms with Gasteiger partial charge in [-0.25, -0.2) is 0 Å². The zero-order valence-corrected chi connectivity index (χ0v) is 13.8. The van der Waals surface area contributed by atoms with Crippen LogP contribution in [-0.2, 0) is 24.7 Å². The largest absolute Gasteiger partial charge is 0.356 e. The van der Waals surface area contributed by atoms with Crippen molar-refractivity contribution in [1.29, 1.82) is 0 Å². The first-order chi connectivity index (χ1) is 11.2. The molecule has 23 heavy (non-hydrogen) atoms. The Morgan fingerprint density at radius 1 is 1.26 bits per heavy atom. The van der Waals surface area contributed by atoms with Gasteiger partial charge in [0.25, 0.3) is 0 Å². The molecule has 1 heterocycles. The van der Waals surface area contributed by atoms with Gasteiger partial charge in [0.05, 0.1) is 11.6 Å². The molecule has 1 aromatic carbocycles. The zero-order valence-electron chi connectivity index (χ0n) is 13.8. The third-order valence-corrected chi connectivity index (χ3v) is 4.86. The molecule has 1 N–H and O–H groups in total. The maximum Gasteiger partial charge on any atom is 0.226 e. The first-order valence-corrected chi connectivity index (χ1v) is 8.48. The van der Waals surface area contributed by atoms with Crippen LogP contribution in [-0.4, -0.2) is 22.2 Å². The van der Waals surface area contributed by atoms with Gasteiger partial charge in [-0.1, -0.05) is 36.8 Å². The third-order valence-electron chi connectivity index (χ3n) is 4.86. The summed E-state index contributed by atoms with van der Waals surface area (Å²) >= 11 is 0.